The summed E-state index contributed by atoms with van der Waals surface area (Å²) in [6.07, 6.45) is 4.05. The van der Waals surface area contributed by atoms with E-state index in [9.17, 15) is 5.11 Å². The SMILES string of the molecule is CN(C)Cc1cc(CN2CCC3(CCN(C)C3)CC2)ccc1O. The van der Waals surface area contributed by atoms with Gasteiger partial charge >= 0.3 is 0 Å². The molecule has 0 radical (unpaired) electrons. The van der Waals surface area contributed by atoms with Crippen molar-refractivity contribution < 1.29 is 5.11 Å². The Morgan fingerprint density at radius 1 is 1.13 bits per heavy atom. The van der Waals surface area contributed by atoms with E-state index in [0.29, 0.717) is 11.2 Å². The average Bonchev–Trinajstić information content (AvgIpc) is 2.86. The lowest BCUT2D eigenvalue weighted by atomic mass is 9.77. The minimum Gasteiger partial charge on any atom is -0.508 e. The van der Waals surface area contributed by atoms with Gasteiger partial charge in [-0.1, -0.05) is 6.07 Å². The molecule has 4 heteroatoms. The molecule has 4 nitrogen and oxygen atoms in total. The van der Waals surface area contributed by atoms with Gasteiger partial charge in [-0.3, -0.25) is 4.90 Å². The topological polar surface area (TPSA) is 30.0 Å². The van der Waals surface area contributed by atoms with E-state index in [1.807, 2.05) is 20.2 Å². The van der Waals surface area contributed by atoms with E-state index in [4.69, 9.17) is 0 Å². The summed E-state index contributed by atoms with van der Waals surface area (Å²) in [4.78, 5) is 7.17. The van der Waals surface area contributed by atoms with E-state index in [1.54, 1.807) is 0 Å². The minimum atomic E-state index is 0.411. The first kappa shape index (κ1) is 16.7. The van der Waals surface area contributed by atoms with Crippen molar-refractivity contribution in [1.29, 1.82) is 0 Å². The van der Waals surface area contributed by atoms with Crippen molar-refractivity contribution in [2.75, 3.05) is 47.3 Å². The number of phenolic OH excluding ortho intramolecular Hbond substituents is 1. The van der Waals surface area contributed by atoms with Crippen LogP contribution in [0.25, 0.3) is 0 Å². The van der Waals surface area contributed by atoms with Crippen LogP contribution in [-0.4, -0.2) is 67.1 Å². The lowest BCUT2D eigenvalue weighted by Crippen LogP contribution is -2.40. The maximum atomic E-state index is 10.0. The molecule has 128 valence electrons. The number of likely N-dealkylation sites (tertiary alicyclic amines) is 2. The Morgan fingerprint density at radius 2 is 1.83 bits per heavy atom. The molecule has 2 heterocycles. The first-order chi connectivity index (χ1) is 11.0. The van der Waals surface area contributed by atoms with E-state index in [1.165, 1.54) is 51.0 Å². The second-order valence-corrected chi connectivity index (χ2v) is 7.96. The zero-order chi connectivity index (χ0) is 16.4. The predicted octanol–water partition coefficient (Wildman–Crippen LogP) is 2.37. The predicted molar refractivity (Wildman–Crippen MR) is 94.6 cm³/mol. The summed E-state index contributed by atoms with van der Waals surface area (Å²) in [6, 6.07) is 6.09. The van der Waals surface area contributed by atoms with Crippen LogP contribution in [0.5, 0.6) is 5.75 Å². The molecule has 2 saturated heterocycles. The van der Waals surface area contributed by atoms with Gasteiger partial charge in [0.25, 0.3) is 0 Å². The molecule has 0 amide bonds. The Labute approximate surface area is 140 Å². The van der Waals surface area contributed by atoms with Gasteiger partial charge in [0, 0.05) is 25.2 Å². The summed E-state index contributed by atoms with van der Waals surface area (Å²) < 4.78 is 0. The summed E-state index contributed by atoms with van der Waals surface area (Å²) in [5.41, 5.74) is 2.94. The van der Waals surface area contributed by atoms with Crippen LogP contribution in [0.1, 0.15) is 30.4 Å². The summed E-state index contributed by atoms with van der Waals surface area (Å²) in [5, 5.41) is 10.0. The van der Waals surface area contributed by atoms with Gasteiger partial charge < -0.3 is 14.9 Å². The number of hydrogen-bond donors (Lipinski definition) is 1. The number of benzene rings is 1. The average molecular weight is 317 g/mol. The number of nitrogens with zero attached hydrogens (tertiary/aromatic N) is 3. The van der Waals surface area contributed by atoms with E-state index >= 15 is 0 Å². The summed E-state index contributed by atoms with van der Waals surface area (Å²) in [6.45, 7) is 6.76. The quantitative estimate of drug-likeness (QED) is 0.923. The zero-order valence-electron chi connectivity index (χ0n) is 14.9. The molecule has 1 aromatic rings. The highest BCUT2D eigenvalue weighted by Crippen LogP contribution is 2.40. The van der Waals surface area contributed by atoms with Crippen molar-refractivity contribution in [2.24, 2.45) is 5.41 Å². The van der Waals surface area contributed by atoms with Crippen LogP contribution in [0.2, 0.25) is 0 Å². The van der Waals surface area contributed by atoms with Crippen molar-refractivity contribution in [3.63, 3.8) is 0 Å². The van der Waals surface area contributed by atoms with E-state index in [0.717, 1.165) is 18.7 Å². The summed E-state index contributed by atoms with van der Waals surface area (Å²) in [5.74, 6) is 0.411. The molecule has 0 aliphatic carbocycles. The van der Waals surface area contributed by atoms with Crippen LogP contribution < -0.4 is 0 Å². The molecule has 0 bridgehead atoms. The monoisotopic (exact) mass is 317 g/mol. The zero-order valence-corrected chi connectivity index (χ0v) is 14.9. The Morgan fingerprint density at radius 3 is 2.43 bits per heavy atom. The van der Waals surface area contributed by atoms with Gasteiger partial charge in [-0.15, -0.1) is 0 Å². The lowest BCUT2D eigenvalue weighted by molar-refractivity contribution is 0.105. The highest BCUT2D eigenvalue weighted by molar-refractivity contribution is 5.36. The molecular formula is C19H31N3O. The van der Waals surface area contributed by atoms with Gasteiger partial charge in [0.15, 0.2) is 0 Å². The Bertz CT molecular complexity index is 535. The van der Waals surface area contributed by atoms with E-state index in [-0.39, 0.29) is 0 Å². The third-order valence-electron chi connectivity index (χ3n) is 5.58. The molecule has 0 aromatic heterocycles. The molecule has 0 saturated carbocycles. The van der Waals surface area contributed by atoms with Crippen LogP contribution in [-0.2, 0) is 13.1 Å². The van der Waals surface area contributed by atoms with Crippen molar-refractivity contribution in [3.05, 3.63) is 29.3 Å². The molecule has 23 heavy (non-hydrogen) atoms. The minimum absolute atomic E-state index is 0.411. The van der Waals surface area contributed by atoms with E-state index < -0.39 is 0 Å². The number of aromatic hydroxyl groups is 1. The summed E-state index contributed by atoms with van der Waals surface area (Å²) in [7, 11) is 6.33. The fourth-order valence-corrected chi connectivity index (χ4v) is 4.22. The van der Waals surface area contributed by atoms with Gasteiger partial charge in [-0.25, -0.2) is 0 Å². The normalized spacial score (nSPS) is 22.3. The smallest absolute Gasteiger partial charge is 0.120 e. The number of piperidine rings is 1. The molecule has 3 rings (SSSR count). The fourth-order valence-electron chi connectivity index (χ4n) is 4.22. The van der Waals surface area contributed by atoms with Crippen molar-refractivity contribution >= 4 is 0 Å². The van der Waals surface area contributed by atoms with Gasteiger partial charge in [0.05, 0.1) is 0 Å². The molecule has 1 N–H and O–H groups in total. The number of rotatable bonds is 4. The van der Waals surface area contributed by atoms with Gasteiger partial charge in [-0.2, -0.15) is 0 Å². The highest BCUT2D eigenvalue weighted by Gasteiger charge is 2.39. The second kappa shape index (κ2) is 6.80. The lowest BCUT2D eigenvalue weighted by Gasteiger charge is -2.39. The van der Waals surface area contributed by atoms with Crippen LogP contribution in [0.3, 0.4) is 0 Å². The molecule has 1 spiro atoms. The molecule has 1 aromatic carbocycles. The molecular weight excluding hydrogens is 286 g/mol. The molecule has 2 fully saturated rings. The Kier molecular flexibility index (Phi) is 4.95. The third kappa shape index (κ3) is 4.06. The maximum absolute atomic E-state index is 10.0. The van der Waals surface area contributed by atoms with Crippen LogP contribution in [0, 0.1) is 5.41 Å². The van der Waals surface area contributed by atoms with Crippen LogP contribution in [0.4, 0.5) is 0 Å². The van der Waals surface area contributed by atoms with Crippen LogP contribution in [0.15, 0.2) is 18.2 Å². The van der Waals surface area contributed by atoms with Crippen LogP contribution >= 0.6 is 0 Å². The fraction of sp³-hybridized carbons (Fsp3) is 0.684. The van der Waals surface area contributed by atoms with Crippen molar-refractivity contribution in [3.8, 4) is 5.75 Å². The first-order valence-electron chi connectivity index (χ1n) is 8.82. The molecule has 2 aliphatic heterocycles. The maximum Gasteiger partial charge on any atom is 0.120 e. The van der Waals surface area contributed by atoms with Gasteiger partial charge in [-0.05, 0) is 83.2 Å². The highest BCUT2D eigenvalue weighted by atomic mass is 16.3. The Balaban J connectivity index is 1.58. The molecule has 2 aliphatic rings. The second-order valence-electron chi connectivity index (χ2n) is 7.96. The van der Waals surface area contributed by atoms with E-state index in [2.05, 4.69) is 33.9 Å². The largest absolute Gasteiger partial charge is 0.508 e. The summed E-state index contributed by atoms with van der Waals surface area (Å²) >= 11 is 0. The molecule has 0 unspecified atom stereocenters. The number of hydrogen-bond acceptors (Lipinski definition) is 4. The first-order valence-corrected chi connectivity index (χ1v) is 8.82. The van der Waals surface area contributed by atoms with Crippen molar-refractivity contribution in [2.45, 2.75) is 32.4 Å². The standard InChI is InChI=1S/C19H31N3O/c1-20(2)14-17-12-16(4-5-18(17)23)13-22-10-7-19(8-11-22)6-9-21(3)15-19/h4-5,12,23H,6-11,13-15H2,1-3H3. The van der Waals surface area contributed by atoms with Gasteiger partial charge in [0.2, 0.25) is 0 Å². The Hall–Kier alpha value is -1.10. The molecule has 0 atom stereocenters. The third-order valence-corrected chi connectivity index (χ3v) is 5.58. The number of phenols is 1. The van der Waals surface area contributed by atoms with Gasteiger partial charge in [0.1, 0.15) is 5.75 Å². The van der Waals surface area contributed by atoms with Crippen molar-refractivity contribution in [1.82, 2.24) is 14.7 Å².